The van der Waals surface area contributed by atoms with Crippen molar-refractivity contribution in [1.82, 2.24) is 0 Å². The summed E-state index contributed by atoms with van der Waals surface area (Å²) in [5.74, 6) is -0.658. The number of sulfonamides is 1. The molecule has 2 aromatic rings. The molecule has 118 valence electrons. The maximum Gasteiger partial charge on any atom is 0.123 e. The van der Waals surface area contributed by atoms with Gasteiger partial charge in [-0.15, -0.1) is 0 Å². The van der Waals surface area contributed by atoms with E-state index >= 15 is 0 Å². The number of benzene rings is 2. The highest BCUT2D eigenvalue weighted by Crippen LogP contribution is 2.29. The van der Waals surface area contributed by atoms with E-state index < -0.39 is 15.8 Å². The van der Waals surface area contributed by atoms with Crippen molar-refractivity contribution in [3.63, 3.8) is 0 Å². The van der Waals surface area contributed by atoms with Gasteiger partial charge in [0.25, 0.3) is 0 Å². The molecule has 0 atom stereocenters. The summed E-state index contributed by atoms with van der Waals surface area (Å²) in [4.78, 5) is 0.0593. The van der Waals surface area contributed by atoms with Crippen LogP contribution in [0.25, 0.3) is 4.72 Å². The number of halogens is 1. The molecule has 0 aromatic heterocycles. The van der Waals surface area contributed by atoms with Gasteiger partial charge in [0.2, 0.25) is 0 Å². The van der Waals surface area contributed by atoms with E-state index in [4.69, 9.17) is 0 Å². The third kappa shape index (κ3) is 4.29. The molecule has 2 rings (SSSR count). The van der Waals surface area contributed by atoms with Gasteiger partial charge in [0.1, 0.15) is 22.4 Å². The molecule has 2 N–H and O–H groups in total. The summed E-state index contributed by atoms with van der Waals surface area (Å²) >= 11 is 0. The van der Waals surface area contributed by atoms with Gasteiger partial charge in [-0.25, -0.2) is 12.8 Å². The molecular formula is C16H19FN2O2S. The van der Waals surface area contributed by atoms with Crippen molar-refractivity contribution in [3.8, 4) is 0 Å². The van der Waals surface area contributed by atoms with Crippen LogP contribution in [0, 0.1) is 5.82 Å². The molecule has 0 amide bonds. The van der Waals surface area contributed by atoms with Crippen LogP contribution < -0.4 is 5.32 Å². The second-order valence-corrected chi connectivity index (χ2v) is 6.95. The number of nitrogens with two attached hydrogens (primary N) is 1. The highest BCUT2D eigenvalue weighted by molar-refractivity contribution is 7.94. The molecule has 22 heavy (non-hydrogen) atoms. The second kappa shape index (κ2) is 6.89. The largest absolute Gasteiger partial charge is 0.570 e. The molecular weight excluding hydrogens is 303 g/mol. The molecule has 2 aromatic carbocycles. The lowest BCUT2D eigenvalue weighted by Gasteiger charge is -2.22. The Balaban J connectivity index is 2.14. The van der Waals surface area contributed by atoms with Crippen molar-refractivity contribution < 1.29 is 18.1 Å². The summed E-state index contributed by atoms with van der Waals surface area (Å²) in [5, 5.41) is 2.15. The van der Waals surface area contributed by atoms with Crippen LogP contribution in [0.1, 0.15) is 19.4 Å². The van der Waals surface area contributed by atoms with Crippen LogP contribution >= 0.6 is 0 Å². The predicted octanol–water partition coefficient (Wildman–Crippen LogP) is 2.69. The van der Waals surface area contributed by atoms with Gasteiger partial charge in [-0.2, -0.15) is 0 Å². The number of nitrogens with zero attached hydrogens (tertiary/aromatic N) is 1. The van der Waals surface area contributed by atoms with E-state index in [2.05, 4.69) is 23.9 Å². The standard InChI is InChI=1S/C16H18FN2O2S/c1-12(2)18-11-13-7-9-14(10-8-13)22(20,21)19-16-6-4-3-5-15(16)17/h3-10,12,18H,11H2,1-2H3/q-1/p+1. The fraction of sp³-hybridized carbons (Fsp3) is 0.250. The van der Waals surface area contributed by atoms with E-state index in [1.807, 2.05) is 0 Å². The van der Waals surface area contributed by atoms with Gasteiger partial charge in [-0.05, 0) is 32.0 Å². The Bertz CT molecular complexity index is 728. The lowest BCUT2D eigenvalue weighted by atomic mass is 10.2. The minimum absolute atomic E-state index is 0.0593. The molecule has 0 saturated heterocycles. The molecule has 4 nitrogen and oxygen atoms in total. The summed E-state index contributed by atoms with van der Waals surface area (Å²) < 4.78 is 41.4. The van der Waals surface area contributed by atoms with Crippen molar-refractivity contribution in [3.05, 3.63) is 64.6 Å². The third-order valence-electron chi connectivity index (χ3n) is 3.12. The van der Waals surface area contributed by atoms with Crippen molar-refractivity contribution in [2.45, 2.75) is 31.3 Å². The van der Waals surface area contributed by atoms with E-state index in [0.29, 0.717) is 6.04 Å². The van der Waals surface area contributed by atoms with Gasteiger partial charge in [-0.1, -0.05) is 36.0 Å². The highest BCUT2D eigenvalue weighted by atomic mass is 32.2. The van der Waals surface area contributed by atoms with E-state index in [1.165, 1.54) is 30.3 Å². The summed E-state index contributed by atoms with van der Waals surface area (Å²) in [6.07, 6.45) is 0. The number of rotatable bonds is 6. The topological polar surface area (TPSA) is 64.8 Å². The van der Waals surface area contributed by atoms with Gasteiger partial charge < -0.3 is 10.0 Å². The van der Waals surface area contributed by atoms with Gasteiger partial charge in [0, 0.05) is 5.56 Å². The van der Waals surface area contributed by atoms with Crippen LogP contribution in [-0.4, -0.2) is 14.5 Å². The SMILES string of the molecule is CC(C)[NH2+]Cc1ccc(S(=O)(=O)[N-]c2ccccc2F)cc1. The molecule has 6 heteroatoms. The van der Waals surface area contributed by atoms with Crippen LogP contribution in [0.15, 0.2) is 53.4 Å². The number of hydrogen-bond acceptors (Lipinski definition) is 2. The van der Waals surface area contributed by atoms with Gasteiger partial charge in [-0.3, -0.25) is 0 Å². The first kappa shape index (κ1) is 16.5. The first-order valence-corrected chi connectivity index (χ1v) is 8.47. The van der Waals surface area contributed by atoms with E-state index in [9.17, 15) is 12.8 Å². The Kier molecular flexibility index (Phi) is 5.15. The number of quaternary nitrogens is 1. The normalized spacial score (nSPS) is 11.6. The minimum atomic E-state index is -3.91. The van der Waals surface area contributed by atoms with Gasteiger partial charge >= 0.3 is 0 Å². The Morgan fingerprint density at radius 1 is 1.09 bits per heavy atom. The molecule has 0 fully saturated rings. The smallest absolute Gasteiger partial charge is 0.123 e. The van der Waals surface area contributed by atoms with Crippen molar-refractivity contribution >= 4 is 15.7 Å². The molecule has 0 bridgehead atoms. The van der Waals surface area contributed by atoms with Crippen molar-refractivity contribution in [1.29, 1.82) is 0 Å². The summed E-state index contributed by atoms with van der Waals surface area (Å²) in [6.45, 7) is 4.96. The summed E-state index contributed by atoms with van der Waals surface area (Å²) in [5.41, 5.74) is 0.846. The zero-order valence-corrected chi connectivity index (χ0v) is 13.3. The Labute approximate surface area is 130 Å². The maximum absolute atomic E-state index is 13.5. The average molecular weight is 322 g/mol. The molecule has 0 unspecified atom stereocenters. The van der Waals surface area contributed by atoms with Gasteiger partial charge in [0.05, 0.1) is 10.9 Å². The first-order chi connectivity index (χ1) is 10.4. The van der Waals surface area contributed by atoms with Crippen LogP contribution in [-0.2, 0) is 16.6 Å². The molecule has 0 spiro atoms. The lowest BCUT2D eigenvalue weighted by molar-refractivity contribution is -0.698. The van der Waals surface area contributed by atoms with Crippen LogP contribution in [0.2, 0.25) is 0 Å². The zero-order valence-electron chi connectivity index (χ0n) is 12.5. The van der Waals surface area contributed by atoms with E-state index in [-0.39, 0.29) is 10.6 Å². The predicted molar refractivity (Wildman–Crippen MR) is 83.8 cm³/mol. The quantitative estimate of drug-likeness (QED) is 0.888. The fourth-order valence-corrected chi connectivity index (χ4v) is 2.87. The molecule has 0 radical (unpaired) electrons. The van der Waals surface area contributed by atoms with Crippen molar-refractivity contribution in [2.24, 2.45) is 0 Å². The summed E-state index contributed by atoms with van der Waals surface area (Å²) in [7, 11) is -3.91. The second-order valence-electron chi connectivity index (χ2n) is 5.35. The third-order valence-corrected chi connectivity index (χ3v) is 4.42. The minimum Gasteiger partial charge on any atom is -0.570 e. The first-order valence-electron chi connectivity index (χ1n) is 7.03. The number of hydrogen-bond donors (Lipinski definition) is 1. The summed E-state index contributed by atoms with van der Waals surface area (Å²) in [6, 6.07) is 12.5. The molecule has 0 heterocycles. The monoisotopic (exact) mass is 322 g/mol. The molecule has 0 aliphatic carbocycles. The average Bonchev–Trinajstić information content (AvgIpc) is 2.48. The van der Waals surface area contributed by atoms with Gasteiger partial charge in [0.15, 0.2) is 0 Å². The van der Waals surface area contributed by atoms with E-state index in [0.717, 1.165) is 12.1 Å². The Hall–Kier alpha value is -1.92. The maximum atomic E-state index is 13.5. The van der Waals surface area contributed by atoms with Crippen LogP contribution in [0.5, 0.6) is 0 Å². The van der Waals surface area contributed by atoms with Crippen LogP contribution in [0.4, 0.5) is 10.1 Å². The highest BCUT2D eigenvalue weighted by Gasteiger charge is 2.07. The lowest BCUT2D eigenvalue weighted by Crippen LogP contribution is -2.86. The Morgan fingerprint density at radius 2 is 1.73 bits per heavy atom. The fourth-order valence-electron chi connectivity index (χ4n) is 1.88. The van der Waals surface area contributed by atoms with Crippen LogP contribution in [0.3, 0.4) is 0 Å². The Morgan fingerprint density at radius 3 is 2.32 bits per heavy atom. The van der Waals surface area contributed by atoms with E-state index in [1.54, 1.807) is 18.2 Å². The molecule has 0 aliphatic heterocycles. The zero-order chi connectivity index (χ0) is 16.2. The molecule has 0 saturated carbocycles. The molecule has 0 aliphatic rings. The van der Waals surface area contributed by atoms with Crippen molar-refractivity contribution in [2.75, 3.05) is 0 Å².